The Kier molecular flexibility index (Phi) is 3.05. The maximum absolute atomic E-state index is 11.6. The zero-order chi connectivity index (χ0) is 13.1. The molecule has 0 bridgehead atoms. The number of para-hydroxylation sites is 4. The molecule has 0 fully saturated rings. The van der Waals surface area contributed by atoms with Crippen LogP contribution < -0.4 is 22.1 Å². The highest BCUT2D eigenvalue weighted by Gasteiger charge is 2.18. The number of nitrogens with zero attached hydrogens (tertiary/aromatic N) is 1. The van der Waals surface area contributed by atoms with Crippen molar-refractivity contribution in [3.05, 3.63) is 48.5 Å². The number of anilines is 4. The molecule has 0 aliphatic carbocycles. The first-order chi connectivity index (χ1) is 8.61. The first-order valence-electron chi connectivity index (χ1n) is 5.40. The standard InChI is InChI=1S/C13H14N4O/c14-9-5-1-3-7-11(9)17(13(16)18)12-8-4-2-6-10(12)15/h1-8H,14-15H2,(H2,16,18). The molecule has 92 valence electrons. The first-order valence-corrected chi connectivity index (χ1v) is 5.40. The number of benzene rings is 2. The van der Waals surface area contributed by atoms with Crippen molar-refractivity contribution in [2.75, 3.05) is 16.4 Å². The molecule has 18 heavy (non-hydrogen) atoms. The molecule has 0 aromatic heterocycles. The lowest BCUT2D eigenvalue weighted by Crippen LogP contribution is -2.32. The smallest absolute Gasteiger partial charge is 0.324 e. The highest BCUT2D eigenvalue weighted by molar-refractivity contribution is 6.03. The fourth-order valence-corrected chi connectivity index (χ4v) is 1.75. The van der Waals surface area contributed by atoms with E-state index in [1.165, 1.54) is 4.90 Å². The Labute approximate surface area is 105 Å². The minimum absolute atomic E-state index is 0.458. The van der Waals surface area contributed by atoms with E-state index in [0.29, 0.717) is 22.7 Å². The van der Waals surface area contributed by atoms with Gasteiger partial charge < -0.3 is 17.2 Å². The number of carbonyl (C=O) groups is 1. The van der Waals surface area contributed by atoms with Gasteiger partial charge in [0.1, 0.15) is 0 Å². The largest absolute Gasteiger partial charge is 0.397 e. The molecule has 2 aromatic carbocycles. The predicted molar refractivity (Wildman–Crippen MR) is 73.4 cm³/mol. The monoisotopic (exact) mass is 242 g/mol. The summed E-state index contributed by atoms with van der Waals surface area (Å²) in [5.74, 6) is 0. The minimum atomic E-state index is -0.634. The summed E-state index contributed by atoms with van der Waals surface area (Å²) in [7, 11) is 0. The van der Waals surface area contributed by atoms with E-state index >= 15 is 0 Å². The second-order valence-corrected chi connectivity index (χ2v) is 3.79. The van der Waals surface area contributed by atoms with Crippen LogP contribution in [-0.4, -0.2) is 6.03 Å². The predicted octanol–water partition coefficient (Wildman–Crippen LogP) is 2.07. The molecule has 5 nitrogen and oxygen atoms in total. The molecule has 0 spiro atoms. The topological polar surface area (TPSA) is 98.4 Å². The molecule has 2 aromatic rings. The summed E-state index contributed by atoms with van der Waals surface area (Å²) >= 11 is 0. The summed E-state index contributed by atoms with van der Waals surface area (Å²) in [6.07, 6.45) is 0. The average Bonchev–Trinajstić information content (AvgIpc) is 2.34. The average molecular weight is 242 g/mol. The first kappa shape index (κ1) is 11.8. The maximum Gasteiger partial charge on any atom is 0.324 e. The second kappa shape index (κ2) is 4.67. The number of rotatable bonds is 2. The van der Waals surface area contributed by atoms with Crippen molar-refractivity contribution in [1.29, 1.82) is 0 Å². The van der Waals surface area contributed by atoms with Gasteiger partial charge in [-0.05, 0) is 24.3 Å². The van der Waals surface area contributed by atoms with Crippen molar-refractivity contribution >= 4 is 28.8 Å². The molecule has 2 amide bonds. The van der Waals surface area contributed by atoms with Crippen LogP contribution in [-0.2, 0) is 0 Å². The molecular weight excluding hydrogens is 228 g/mol. The summed E-state index contributed by atoms with van der Waals surface area (Å²) < 4.78 is 0. The van der Waals surface area contributed by atoms with Gasteiger partial charge in [-0.2, -0.15) is 0 Å². The maximum atomic E-state index is 11.6. The van der Waals surface area contributed by atoms with Crippen LogP contribution in [0.15, 0.2) is 48.5 Å². The molecule has 0 saturated carbocycles. The number of hydrogen-bond donors (Lipinski definition) is 3. The van der Waals surface area contributed by atoms with Crippen molar-refractivity contribution < 1.29 is 4.79 Å². The van der Waals surface area contributed by atoms with E-state index in [2.05, 4.69) is 0 Å². The van der Waals surface area contributed by atoms with Crippen LogP contribution in [0, 0.1) is 0 Å². The van der Waals surface area contributed by atoms with Crippen LogP contribution >= 0.6 is 0 Å². The lowest BCUT2D eigenvalue weighted by atomic mass is 10.2. The van der Waals surface area contributed by atoms with Crippen LogP contribution in [0.3, 0.4) is 0 Å². The van der Waals surface area contributed by atoms with Gasteiger partial charge in [0.05, 0.1) is 22.7 Å². The van der Waals surface area contributed by atoms with Crippen molar-refractivity contribution in [3.8, 4) is 0 Å². The lowest BCUT2D eigenvalue weighted by Gasteiger charge is -2.23. The third kappa shape index (κ3) is 2.06. The van der Waals surface area contributed by atoms with Crippen molar-refractivity contribution in [3.63, 3.8) is 0 Å². The van der Waals surface area contributed by atoms with Gasteiger partial charge in [-0.1, -0.05) is 24.3 Å². The molecule has 5 heteroatoms. The Morgan fingerprint density at radius 2 is 1.22 bits per heavy atom. The quantitative estimate of drug-likeness (QED) is 0.703. The number of hydrogen-bond acceptors (Lipinski definition) is 3. The highest BCUT2D eigenvalue weighted by atomic mass is 16.2. The van der Waals surface area contributed by atoms with E-state index in [-0.39, 0.29) is 0 Å². The van der Waals surface area contributed by atoms with Gasteiger partial charge in [0.15, 0.2) is 0 Å². The van der Waals surface area contributed by atoms with Crippen LogP contribution in [0.4, 0.5) is 27.5 Å². The van der Waals surface area contributed by atoms with Gasteiger partial charge in [-0.25, -0.2) is 4.79 Å². The number of carbonyl (C=O) groups excluding carboxylic acids is 1. The summed E-state index contributed by atoms with van der Waals surface area (Å²) in [4.78, 5) is 12.9. The minimum Gasteiger partial charge on any atom is -0.397 e. The van der Waals surface area contributed by atoms with Crippen LogP contribution in [0.5, 0.6) is 0 Å². The van der Waals surface area contributed by atoms with Crippen molar-refractivity contribution in [2.24, 2.45) is 5.73 Å². The normalized spacial score (nSPS) is 10.0. The number of amides is 2. The van der Waals surface area contributed by atoms with Crippen molar-refractivity contribution in [2.45, 2.75) is 0 Å². The molecule has 0 radical (unpaired) electrons. The molecule has 0 atom stereocenters. The summed E-state index contributed by atoms with van der Waals surface area (Å²) in [5, 5.41) is 0. The number of nitrogens with two attached hydrogens (primary N) is 3. The van der Waals surface area contributed by atoms with Crippen LogP contribution in [0.2, 0.25) is 0 Å². The third-order valence-electron chi connectivity index (χ3n) is 2.58. The number of nitrogen functional groups attached to an aromatic ring is 2. The Morgan fingerprint density at radius 1 is 0.833 bits per heavy atom. The van der Waals surface area contributed by atoms with Crippen molar-refractivity contribution in [1.82, 2.24) is 0 Å². The van der Waals surface area contributed by atoms with Gasteiger partial charge in [0, 0.05) is 0 Å². The van der Waals surface area contributed by atoms with Gasteiger partial charge in [0.25, 0.3) is 0 Å². The highest BCUT2D eigenvalue weighted by Crippen LogP contribution is 2.33. The van der Waals surface area contributed by atoms with E-state index < -0.39 is 6.03 Å². The number of primary amides is 1. The van der Waals surface area contributed by atoms with E-state index in [1.54, 1.807) is 48.5 Å². The zero-order valence-electron chi connectivity index (χ0n) is 9.71. The summed E-state index contributed by atoms with van der Waals surface area (Å²) in [6, 6.07) is 13.3. The van der Waals surface area contributed by atoms with Crippen LogP contribution in [0.25, 0.3) is 0 Å². The molecule has 0 unspecified atom stereocenters. The summed E-state index contributed by atoms with van der Waals surface area (Å²) in [5.41, 5.74) is 19.1. The van der Waals surface area contributed by atoms with Gasteiger partial charge in [0.2, 0.25) is 0 Å². The second-order valence-electron chi connectivity index (χ2n) is 3.79. The Morgan fingerprint density at radius 3 is 1.56 bits per heavy atom. The molecule has 0 aliphatic heterocycles. The fourth-order valence-electron chi connectivity index (χ4n) is 1.75. The molecule has 6 N–H and O–H groups in total. The third-order valence-corrected chi connectivity index (χ3v) is 2.58. The van der Waals surface area contributed by atoms with E-state index in [9.17, 15) is 4.79 Å². The molecule has 0 saturated heterocycles. The molecule has 0 aliphatic rings. The van der Waals surface area contributed by atoms with Gasteiger partial charge in [-0.3, -0.25) is 4.90 Å². The summed E-state index contributed by atoms with van der Waals surface area (Å²) in [6.45, 7) is 0. The molecular formula is C13H14N4O. The van der Waals surface area contributed by atoms with Gasteiger partial charge in [-0.15, -0.1) is 0 Å². The number of urea groups is 1. The Balaban J connectivity index is 2.58. The Hall–Kier alpha value is -2.69. The van der Waals surface area contributed by atoms with Crippen LogP contribution in [0.1, 0.15) is 0 Å². The fraction of sp³-hybridized carbons (Fsp3) is 0. The van der Waals surface area contributed by atoms with E-state index in [1.807, 2.05) is 0 Å². The SMILES string of the molecule is NC(=O)N(c1ccccc1N)c1ccccc1N. The lowest BCUT2D eigenvalue weighted by molar-refractivity contribution is 0.256. The Bertz CT molecular complexity index is 537. The van der Waals surface area contributed by atoms with E-state index in [0.717, 1.165) is 0 Å². The van der Waals surface area contributed by atoms with E-state index in [4.69, 9.17) is 17.2 Å². The zero-order valence-corrected chi connectivity index (χ0v) is 9.71. The molecule has 2 rings (SSSR count). The van der Waals surface area contributed by atoms with Gasteiger partial charge >= 0.3 is 6.03 Å². The molecule has 0 heterocycles.